The number of carboxylic acids is 1. The van der Waals surface area contributed by atoms with Crippen molar-refractivity contribution >= 4 is 153 Å². The molecule has 14 N–H and O–H groups in total. The fourth-order valence-electron chi connectivity index (χ4n) is 9.68. The first-order valence-corrected chi connectivity index (χ1v) is 36.1. The fraction of sp³-hybridized carbons (Fsp3) is 0.618. The van der Waals surface area contributed by atoms with E-state index in [2.05, 4.69) is 37.2 Å². The minimum Gasteiger partial charge on any atom is -0.508 e. The summed E-state index contributed by atoms with van der Waals surface area (Å²) in [4.78, 5) is 211. The Morgan fingerprint density at radius 1 is 0.640 bits per heavy atom. The number of nitrogens with zero attached hydrogens (tertiary/aromatic N) is 1. The number of fused-ring (bicyclic) bond motifs is 20. The molecule has 4 fully saturated rings. The first kappa shape index (κ1) is 73.8. The van der Waals surface area contributed by atoms with E-state index < -0.39 is 218 Å². The van der Waals surface area contributed by atoms with Crippen molar-refractivity contribution in [1.29, 1.82) is 0 Å². The third-order valence-corrected chi connectivity index (χ3v) is 22.3. The van der Waals surface area contributed by atoms with Gasteiger partial charge in [0, 0.05) is 85.5 Å². The van der Waals surface area contributed by atoms with E-state index in [1.54, 1.807) is 0 Å². The summed E-state index contributed by atoms with van der Waals surface area (Å²) in [5.41, 5.74) is 12.5. The number of carbonyl (C=O) groups excluding carboxylic acids is 14. The van der Waals surface area contributed by atoms with Crippen LogP contribution in [0.25, 0.3) is 0 Å². The molecule has 1 aromatic rings. The number of amides is 9. The lowest BCUT2D eigenvalue weighted by Gasteiger charge is -2.30. The molecule has 1 aromatic carbocycles. The maximum atomic E-state index is 14.9. The number of hydrogen-bond acceptors (Lipinski definition) is 24. The number of carboxylic acid groups (broad SMARTS) is 1. The van der Waals surface area contributed by atoms with Crippen LogP contribution in [-0.2, 0) is 78.3 Å². The molecule has 4 aliphatic rings. The lowest BCUT2D eigenvalue weighted by Crippen LogP contribution is -2.60. The van der Waals surface area contributed by atoms with Crippen molar-refractivity contribution < 1.29 is 87.2 Å². The number of hydrogen-bond donors (Lipinski definition) is 12. The van der Waals surface area contributed by atoms with Gasteiger partial charge in [-0.15, -0.1) is 0 Å². The number of benzene rings is 1. The number of nitrogens with one attached hydrogen (secondary N) is 7. The fourth-order valence-corrected chi connectivity index (χ4v) is 17.0. The summed E-state index contributed by atoms with van der Waals surface area (Å²) >= 11 is 0. The summed E-state index contributed by atoms with van der Waals surface area (Å²) in [6.45, 7) is 3.65. The molecule has 0 radical (unpaired) electrons. The highest BCUT2D eigenvalue weighted by Gasteiger charge is 2.42. The second-order valence-corrected chi connectivity index (χ2v) is 29.6. The van der Waals surface area contributed by atoms with E-state index in [9.17, 15) is 87.2 Å². The Bertz CT molecular complexity index is 2820. The van der Waals surface area contributed by atoms with Gasteiger partial charge in [0.05, 0.1) is 48.5 Å². The van der Waals surface area contributed by atoms with E-state index in [-0.39, 0.29) is 66.1 Å². The van der Waals surface area contributed by atoms with Crippen LogP contribution in [0.15, 0.2) is 24.3 Å². The molecule has 0 spiro atoms. The number of aromatic hydroxyl groups is 1. The Morgan fingerprint density at radius 3 is 1.81 bits per heavy atom. The molecule has 0 aliphatic carbocycles. The van der Waals surface area contributed by atoms with Crippen molar-refractivity contribution in [3.05, 3.63) is 29.8 Å². The number of carbonyl (C=O) groups is 15. The predicted molar refractivity (Wildman–Crippen MR) is 335 cm³/mol. The first-order chi connectivity index (χ1) is 42.1. The van der Waals surface area contributed by atoms with Crippen molar-refractivity contribution in [2.45, 2.75) is 152 Å². The van der Waals surface area contributed by atoms with Crippen LogP contribution in [0.3, 0.4) is 0 Å². The molecular formula is C55H76N10O18S6. The van der Waals surface area contributed by atoms with Crippen molar-refractivity contribution in [3.8, 4) is 5.75 Å². The highest BCUT2D eigenvalue weighted by Crippen LogP contribution is 2.32. The van der Waals surface area contributed by atoms with Gasteiger partial charge in [0.2, 0.25) is 53.2 Å². The zero-order valence-electron chi connectivity index (χ0n) is 49.1. The average Bonchev–Trinajstić information content (AvgIpc) is 4.09. The molecule has 89 heavy (non-hydrogen) atoms. The predicted octanol–water partition coefficient (Wildman–Crippen LogP) is -1.36. The Kier molecular flexibility index (Phi) is 30.0. The number of aliphatic hydroxyl groups excluding tert-OH is 1. The Balaban J connectivity index is 1.75. The summed E-state index contributed by atoms with van der Waals surface area (Å²) in [5.74, 6) is -19.2. The largest absolute Gasteiger partial charge is 0.508 e. The van der Waals surface area contributed by atoms with Crippen LogP contribution in [0.1, 0.15) is 90.5 Å². The second kappa shape index (κ2) is 36.2. The Labute approximate surface area is 536 Å². The molecule has 34 heteroatoms. The smallest absolute Gasteiger partial charge is 0.303 e. The van der Waals surface area contributed by atoms with Gasteiger partial charge in [0.25, 0.3) is 0 Å². The van der Waals surface area contributed by atoms with Gasteiger partial charge in [-0.2, -0.15) is 0 Å². The number of aliphatic hydroxyl groups is 1. The quantitative estimate of drug-likeness (QED) is 0.127. The average molecular weight is 1360 g/mol. The molecule has 0 aromatic heterocycles. The van der Waals surface area contributed by atoms with E-state index in [0.29, 0.717) is 5.56 Å². The number of rotatable bonds is 9. The monoisotopic (exact) mass is 1360 g/mol. The number of phenols is 1. The number of nitrogens with two attached hydrogens (primary N) is 2. The van der Waals surface area contributed by atoms with Gasteiger partial charge in [0.1, 0.15) is 36.0 Å². The van der Waals surface area contributed by atoms with Crippen molar-refractivity contribution in [2.75, 3.05) is 41.1 Å². The van der Waals surface area contributed by atoms with Crippen LogP contribution in [-0.4, -0.2) is 210 Å². The zero-order chi connectivity index (χ0) is 65.6. The molecule has 0 saturated carbocycles. The highest BCUT2D eigenvalue weighted by molar-refractivity contribution is 8.77. The molecule has 5 rings (SSSR count). The molecule has 4 saturated heterocycles. The molecule has 9 amide bonds. The van der Waals surface area contributed by atoms with Crippen LogP contribution < -0.4 is 48.7 Å². The Hall–Kier alpha value is -5.91. The number of ketones is 5. The minimum atomic E-state index is -1.76. The van der Waals surface area contributed by atoms with E-state index in [1.165, 1.54) is 45.0 Å². The third kappa shape index (κ3) is 23.7. The van der Waals surface area contributed by atoms with Crippen LogP contribution in [0.5, 0.6) is 5.75 Å². The van der Waals surface area contributed by atoms with Gasteiger partial charge in [-0.1, -0.05) is 76.9 Å². The highest BCUT2D eigenvalue weighted by atomic mass is 33.1. The van der Waals surface area contributed by atoms with E-state index in [1.807, 2.05) is 0 Å². The lowest BCUT2D eigenvalue weighted by molar-refractivity contribution is -0.143. The van der Waals surface area contributed by atoms with Crippen molar-refractivity contribution in [1.82, 2.24) is 42.1 Å². The molecule has 28 nitrogen and oxygen atoms in total. The van der Waals surface area contributed by atoms with Gasteiger partial charge in [-0.3, -0.25) is 71.9 Å². The minimum absolute atomic E-state index is 0.0599. The van der Waals surface area contributed by atoms with E-state index in [4.69, 9.17) is 11.5 Å². The van der Waals surface area contributed by atoms with E-state index in [0.717, 1.165) is 69.7 Å². The maximum Gasteiger partial charge on any atom is 0.303 e. The van der Waals surface area contributed by atoms with Gasteiger partial charge < -0.3 is 68.9 Å². The van der Waals surface area contributed by atoms with Crippen LogP contribution in [0.2, 0.25) is 0 Å². The summed E-state index contributed by atoms with van der Waals surface area (Å²) in [6.07, 6.45) is -6.45. The van der Waals surface area contributed by atoms with Crippen molar-refractivity contribution in [2.24, 2.45) is 29.2 Å². The number of Topliss-reactive ketones (excluding diaryl/α,β-unsaturated/α-hetero) is 5. The Morgan fingerprint density at radius 2 is 1.20 bits per heavy atom. The van der Waals surface area contributed by atoms with Gasteiger partial charge in [-0.25, -0.2) is 0 Å². The molecule has 490 valence electrons. The topological polar surface area (TPSA) is 456 Å². The molecule has 2 unspecified atom stereocenters. The molecule has 13 atom stereocenters. The number of phenolic OH excluding ortho intramolecular Hbond substituents is 1. The number of primary amides is 1. The molecule has 4 aliphatic heterocycles. The SMILES string of the molecule is CC(=O)[C@@H]1CSSC[C@@H]2NC(=O)[C@H](Cc3ccc(O)cc3)CC(=O)[C@H](CCC(=O)O)NC(=O)[C@@H]3CSSC[C@H](CC(=O)[C@H](C)NC(=O)C4CCCN4C(=O)[C@H](CC(N)=O)NC(=O)[C@H](CSSC[C@H](N)C(=O)C3)NC2=O)C(=O)N[C@@H](C(C)O)C(=O)CCC(=O)N1. The lowest BCUT2D eigenvalue weighted by atomic mass is 9.89. The molecule has 4 heterocycles. The van der Waals surface area contributed by atoms with Crippen LogP contribution in [0, 0.1) is 17.8 Å². The van der Waals surface area contributed by atoms with Crippen molar-refractivity contribution in [3.63, 3.8) is 0 Å². The summed E-state index contributed by atoms with van der Waals surface area (Å²) in [7, 11) is 5.68. The molecule has 4 bridgehead atoms. The van der Waals surface area contributed by atoms with Crippen LogP contribution in [0.4, 0.5) is 0 Å². The third-order valence-electron chi connectivity index (χ3n) is 14.9. The molecular weight excluding hydrogens is 1280 g/mol. The second-order valence-electron chi connectivity index (χ2n) is 22.0. The normalized spacial score (nSPS) is 29.6. The zero-order valence-corrected chi connectivity index (χ0v) is 54.0. The van der Waals surface area contributed by atoms with E-state index >= 15 is 0 Å². The van der Waals surface area contributed by atoms with Gasteiger partial charge in [-0.05, 0) is 64.2 Å². The summed E-state index contributed by atoms with van der Waals surface area (Å²) < 4.78 is 0. The maximum absolute atomic E-state index is 14.9. The first-order valence-electron chi connectivity index (χ1n) is 28.6. The summed E-state index contributed by atoms with van der Waals surface area (Å²) in [6, 6.07) is -7.85. The number of aliphatic carboxylic acids is 1. The van der Waals surface area contributed by atoms with Gasteiger partial charge in [0.15, 0.2) is 28.9 Å². The standard InChI is InChI=1S/C55H76N10O18S6/c1-26-42(70)17-31-20-84-85-21-32-18-43(71)34(56)22-86-88-25-39(52(80)61-36(19-45(57)73)55(83)65-14-4-5-40(65)54(82)58-26)63-53(81)38(24-89-87-23-37(27(2)66)59-46(74)12-11-41(69)48(28(3)67)64-51(31)79)62-49(77)30(15-29-6-8-33(68)9-7-29)16-44(72)35(60-50(32)78)10-13-47(75)76/h6-9,26,28,30-32,34-40,48,67-68H,4-5,10-25,56H2,1-3H3,(H2,57,73)(H,58,82)(H,59,74)(H,60,78)(H,61,80)(H,62,77)(H,63,81)(H,64,79)(H,75,76)/t26-,28?,30+,31-,32-,34-,35-,36-,37-,38-,39-,40?,48-/m0/s1. The summed E-state index contributed by atoms with van der Waals surface area (Å²) in [5, 5.41) is 48.8. The van der Waals surface area contributed by atoms with Gasteiger partial charge >= 0.3 is 5.97 Å². The van der Waals surface area contributed by atoms with Crippen LogP contribution >= 0.6 is 64.8 Å².